The minimum Gasteiger partial charge on any atom is -0.477 e. The predicted molar refractivity (Wildman–Crippen MR) is 135 cm³/mol. The van der Waals surface area contributed by atoms with Gasteiger partial charge in [-0.05, 0) is 56.2 Å². The smallest absolute Gasteiger partial charge is 0.246 e. The van der Waals surface area contributed by atoms with E-state index in [0.717, 1.165) is 50.5 Å². The summed E-state index contributed by atoms with van der Waals surface area (Å²) in [6.07, 6.45) is 7.17. The van der Waals surface area contributed by atoms with Gasteiger partial charge in [-0.3, -0.25) is 9.59 Å². The number of nitrogens with one attached hydrogen (secondary N) is 1. The molecule has 1 aromatic rings. The third-order valence-electron chi connectivity index (χ3n) is 7.47. The molecule has 1 aliphatic carbocycles. The van der Waals surface area contributed by atoms with Crippen molar-refractivity contribution in [3.05, 3.63) is 34.9 Å². The van der Waals surface area contributed by atoms with Crippen LogP contribution in [0, 0.1) is 5.92 Å². The molecule has 4 N–H and O–H groups in total. The molecule has 9 heteroatoms. The van der Waals surface area contributed by atoms with Crippen LogP contribution in [0.25, 0.3) is 0 Å². The summed E-state index contributed by atoms with van der Waals surface area (Å²) in [5.74, 6) is 0.204. The summed E-state index contributed by atoms with van der Waals surface area (Å²) < 4.78 is 6.03. The van der Waals surface area contributed by atoms with Gasteiger partial charge < -0.3 is 25.8 Å². The van der Waals surface area contributed by atoms with E-state index in [9.17, 15) is 14.7 Å². The maximum atomic E-state index is 13.8. The fourth-order valence-corrected chi connectivity index (χ4v) is 5.74. The van der Waals surface area contributed by atoms with Crippen LogP contribution in [0.3, 0.4) is 0 Å². The number of nitrogens with two attached hydrogens (primary N) is 1. The molecule has 0 spiro atoms. The molecule has 8 nitrogen and oxygen atoms in total. The number of rotatable bonds is 8. The molecule has 35 heavy (non-hydrogen) atoms. The topological polar surface area (TPSA) is 117 Å². The first kappa shape index (κ1) is 25.9. The van der Waals surface area contributed by atoms with Gasteiger partial charge in [0.05, 0.1) is 12.6 Å². The van der Waals surface area contributed by atoms with E-state index in [-0.39, 0.29) is 37.0 Å². The lowest BCUT2D eigenvalue weighted by molar-refractivity contribution is -0.138. The minimum absolute atomic E-state index is 0.0870. The summed E-state index contributed by atoms with van der Waals surface area (Å²) in [6, 6.07) is 5.95. The molecule has 4 rings (SSSR count). The number of benzene rings is 1. The van der Waals surface area contributed by atoms with Crippen molar-refractivity contribution in [3.63, 3.8) is 0 Å². The van der Waals surface area contributed by atoms with Crippen molar-refractivity contribution >= 4 is 29.3 Å². The molecule has 4 atom stereocenters. The fraction of sp³-hybridized carbons (Fsp3) is 0.654. The molecule has 0 aromatic heterocycles. The molecule has 0 radical (unpaired) electrons. The first-order valence-electron chi connectivity index (χ1n) is 12.8. The quantitative estimate of drug-likeness (QED) is 0.502. The highest BCUT2D eigenvalue weighted by Gasteiger charge is 2.45. The average Bonchev–Trinajstić information content (AvgIpc) is 3.50. The van der Waals surface area contributed by atoms with Gasteiger partial charge in [0.2, 0.25) is 17.7 Å². The number of likely N-dealkylation sites (tertiary alicyclic amines) is 1. The van der Waals surface area contributed by atoms with Crippen molar-refractivity contribution in [2.75, 3.05) is 19.8 Å². The Morgan fingerprint density at radius 1 is 1.29 bits per heavy atom. The molecule has 2 aliphatic heterocycles. The number of hydrogen-bond donors (Lipinski definition) is 3. The number of ether oxygens (including phenoxy) is 1. The van der Waals surface area contributed by atoms with Gasteiger partial charge in [-0.2, -0.15) is 0 Å². The van der Waals surface area contributed by atoms with E-state index >= 15 is 0 Å². The van der Waals surface area contributed by atoms with E-state index < -0.39 is 17.6 Å². The van der Waals surface area contributed by atoms with E-state index in [0.29, 0.717) is 23.9 Å². The molecule has 3 aliphatic rings. The Balaban J connectivity index is 1.53. The number of carbonyl (C=O) groups excluding carboxylic acids is 2. The molecule has 1 aromatic carbocycles. The minimum atomic E-state index is -0.802. The Hall–Kier alpha value is -2.16. The van der Waals surface area contributed by atoms with Crippen LogP contribution in [0.1, 0.15) is 57.4 Å². The summed E-state index contributed by atoms with van der Waals surface area (Å²) in [5.41, 5.74) is 5.97. The third kappa shape index (κ3) is 5.98. The lowest BCUT2D eigenvalue weighted by Gasteiger charge is -2.35. The van der Waals surface area contributed by atoms with Crippen LogP contribution in [-0.4, -0.2) is 71.1 Å². The van der Waals surface area contributed by atoms with Crippen molar-refractivity contribution in [1.29, 1.82) is 0 Å². The first-order valence-corrected chi connectivity index (χ1v) is 13.1. The fourth-order valence-electron chi connectivity index (χ4n) is 5.53. The molecule has 3 unspecified atom stereocenters. The Labute approximate surface area is 212 Å². The summed E-state index contributed by atoms with van der Waals surface area (Å²) in [5, 5.41) is 13.8. The van der Waals surface area contributed by atoms with Crippen LogP contribution in [-0.2, 0) is 20.7 Å². The van der Waals surface area contributed by atoms with Crippen molar-refractivity contribution < 1.29 is 19.4 Å². The second kappa shape index (κ2) is 11.3. The van der Waals surface area contributed by atoms with Gasteiger partial charge in [-0.25, -0.2) is 4.99 Å². The van der Waals surface area contributed by atoms with Gasteiger partial charge in [0.1, 0.15) is 24.2 Å². The van der Waals surface area contributed by atoms with Crippen molar-refractivity contribution in [3.8, 4) is 0 Å². The van der Waals surface area contributed by atoms with Gasteiger partial charge in [-0.15, -0.1) is 0 Å². The number of halogens is 1. The zero-order valence-corrected chi connectivity index (χ0v) is 21.2. The van der Waals surface area contributed by atoms with E-state index in [1.165, 1.54) is 0 Å². The molecule has 1 saturated carbocycles. The highest BCUT2D eigenvalue weighted by Crippen LogP contribution is 2.32. The van der Waals surface area contributed by atoms with Gasteiger partial charge >= 0.3 is 0 Å². The van der Waals surface area contributed by atoms with Crippen LogP contribution in [0.5, 0.6) is 0 Å². The van der Waals surface area contributed by atoms with Gasteiger partial charge in [0, 0.05) is 18.0 Å². The molecule has 2 heterocycles. The van der Waals surface area contributed by atoms with Crippen molar-refractivity contribution in [2.45, 2.75) is 82.0 Å². The second-order valence-electron chi connectivity index (χ2n) is 10.3. The highest BCUT2D eigenvalue weighted by atomic mass is 35.5. The van der Waals surface area contributed by atoms with Crippen LogP contribution in [0.15, 0.2) is 29.3 Å². The van der Waals surface area contributed by atoms with Crippen molar-refractivity contribution in [2.24, 2.45) is 16.6 Å². The number of aliphatic hydroxyl groups excluding tert-OH is 1. The average molecular weight is 505 g/mol. The monoisotopic (exact) mass is 504 g/mol. The Morgan fingerprint density at radius 3 is 2.74 bits per heavy atom. The Morgan fingerprint density at radius 2 is 2.06 bits per heavy atom. The summed E-state index contributed by atoms with van der Waals surface area (Å²) in [4.78, 5) is 33.0. The van der Waals surface area contributed by atoms with Gasteiger partial charge in [0.25, 0.3) is 0 Å². The van der Waals surface area contributed by atoms with Crippen LogP contribution in [0.2, 0.25) is 5.02 Å². The maximum absolute atomic E-state index is 13.8. The van der Waals surface area contributed by atoms with Gasteiger partial charge in [-0.1, -0.05) is 43.0 Å². The lowest BCUT2D eigenvalue weighted by atomic mass is 9.83. The van der Waals surface area contributed by atoms with E-state index in [1.807, 2.05) is 29.2 Å². The third-order valence-corrected chi connectivity index (χ3v) is 7.71. The van der Waals surface area contributed by atoms with Crippen LogP contribution >= 0.6 is 11.6 Å². The molecule has 192 valence electrons. The molecule has 2 fully saturated rings. The van der Waals surface area contributed by atoms with Crippen LogP contribution in [0.4, 0.5) is 0 Å². The Kier molecular flexibility index (Phi) is 8.34. The second-order valence-corrected chi connectivity index (χ2v) is 10.7. The number of hydrogen-bond acceptors (Lipinski definition) is 6. The molecule has 1 saturated heterocycles. The largest absolute Gasteiger partial charge is 0.477 e. The van der Waals surface area contributed by atoms with Crippen molar-refractivity contribution in [1.82, 2.24) is 10.2 Å². The molecule has 2 amide bonds. The first-order chi connectivity index (χ1) is 16.8. The van der Waals surface area contributed by atoms with E-state index in [2.05, 4.69) is 5.32 Å². The lowest BCUT2D eigenvalue weighted by Crippen LogP contribution is -2.57. The highest BCUT2D eigenvalue weighted by molar-refractivity contribution is 6.30. The standard InChI is InChI=1S/C26H37ClN4O4/c1-17(28)23(33)29-22(19-8-3-2-4-9-19)25(34)31-12-6-11-21(31)24-30-26(15-32,16-35-24)14-18-7-5-10-20(27)13-18/h5,7,10,13,17,19,21-22,32H,2-4,6,8-9,11-12,14-16,28H2,1H3,(H,29,33)/t17?,21?,22?,26-/m0/s1. The molecular weight excluding hydrogens is 468 g/mol. The zero-order valence-electron chi connectivity index (χ0n) is 20.4. The van der Waals surface area contributed by atoms with Crippen LogP contribution < -0.4 is 11.1 Å². The summed E-state index contributed by atoms with van der Waals surface area (Å²) in [6.45, 7) is 2.30. The number of aliphatic hydroxyl groups is 1. The number of aliphatic imine (C=N–C) groups is 1. The van der Waals surface area contributed by atoms with E-state index in [1.54, 1.807) is 6.92 Å². The number of carbonyl (C=O) groups is 2. The number of amides is 2. The van der Waals surface area contributed by atoms with Gasteiger partial charge in [0.15, 0.2) is 0 Å². The summed E-state index contributed by atoms with van der Waals surface area (Å²) in [7, 11) is 0. The maximum Gasteiger partial charge on any atom is 0.246 e. The SMILES string of the molecule is CC(N)C(=O)NC(C(=O)N1CCCC1C1=N[C@](CO)(Cc2cccc(Cl)c2)CO1)C1CCCCC1. The molecule has 0 bridgehead atoms. The normalized spacial score (nSPS) is 26.7. The predicted octanol–water partition coefficient (Wildman–Crippen LogP) is 2.45. The number of nitrogens with zero attached hydrogens (tertiary/aromatic N) is 2. The molecular formula is C26H37ClN4O4. The zero-order chi connectivity index (χ0) is 25.0. The van der Waals surface area contributed by atoms with E-state index in [4.69, 9.17) is 27.1 Å². The Bertz CT molecular complexity index is 949. The summed E-state index contributed by atoms with van der Waals surface area (Å²) >= 11 is 6.14.